The summed E-state index contributed by atoms with van der Waals surface area (Å²) in [4.78, 5) is 43.1. The number of hydrogen-bond donors (Lipinski definition) is 2. The number of terminal acetylenes is 1. The maximum absolute atomic E-state index is 11.9. The van der Waals surface area contributed by atoms with Crippen LogP contribution in [0.15, 0.2) is 46.1 Å². The molecule has 0 bridgehead atoms. The molecule has 2 aliphatic heterocycles. The number of aryl methyl sites for hydroxylation is 1. The van der Waals surface area contributed by atoms with E-state index in [9.17, 15) is 14.4 Å². The number of likely N-dealkylation sites (tertiary alicyclic amines) is 2. The average molecular weight is 510 g/mol. The zero-order chi connectivity index (χ0) is 26.3. The second-order valence-corrected chi connectivity index (χ2v) is 9.30. The van der Waals surface area contributed by atoms with Gasteiger partial charge in [0.1, 0.15) is 0 Å². The molecule has 2 saturated heterocycles. The molecule has 0 spiro atoms. The minimum atomic E-state index is -0.245. The second kappa shape index (κ2) is 15.4. The van der Waals surface area contributed by atoms with E-state index in [1.54, 1.807) is 16.3 Å². The molecule has 2 aliphatic rings. The van der Waals surface area contributed by atoms with E-state index in [0.717, 1.165) is 63.0 Å². The fourth-order valence-electron chi connectivity index (χ4n) is 3.88. The van der Waals surface area contributed by atoms with Crippen molar-refractivity contribution < 1.29 is 14.4 Å². The third-order valence-electron chi connectivity index (χ3n) is 5.73. The van der Waals surface area contributed by atoms with Gasteiger partial charge in [-0.1, -0.05) is 18.6 Å². The molecule has 36 heavy (non-hydrogen) atoms. The third-order valence-corrected chi connectivity index (χ3v) is 6.42. The minimum absolute atomic E-state index is 0.0943. The zero-order valence-corrected chi connectivity index (χ0v) is 21.6. The number of aliphatic imine (C=N–C) groups is 1. The van der Waals surface area contributed by atoms with E-state index in [4.69, 9.17) is 5.73 Å². The van der Waals surface area contributed by atoms with Gasteiger partial charge < -0.3 is 15.5 Å². The first-order chi connectivity index (χ1) is 17.4. The van der Waals surface area contributed by atoms with Gasteiger partial charge in [-0.2, -0.15) is 11.3 Å². The van der Waals surface area contributed by atoms with Gasteiger partial charge >= 0.3 is 0 Å². The van der Waals surface area contributed by atoms with E-state index in [-0.39, 0.29) is 23.7 Å². The predicted octanol–water partition coefficient (Wildman–Crippen LogP) is 3.69. The first kappa shape index (κ1) is 28.6. The second-order valence-electron chi connectivity index (χ2n) is 8.52. The molecule has 1 aromatic heterocycles. The Bertz CT molecular complexity index is 1040. The number of carbonyl (C=O) groups is 3. The van der Waals surface area contributed by atoms with Crippen molar-refractivity contribution >= 4 is 40.7 Å². The maximum Gasteiger partial charge on any atom is 0.258 e. The molecule has 2 aromatic rings. The highest BCUT2D eigenvalue weighted by Crippen LogP contribution is 2.14. The number of amides is 3. The zero-order valence-electron chi connectivity index (χ0n) is 20.8. The van der Waals surface area contributed by atoms with Gasteiger partial charge in [0.15, 0.2) is 0 Å². The number of hydrogen-bond acceptors (Lipinski definition) is 5. The van der Waals surface area contributed by atoms with Gasteiger partial charge in [0.25, 0.3) is 5.91 Å². The molecule has 9 heteroatoms. The van der Waals surface area contributed by atoms with E-state index >= 15 is 0 Å². The summed E-state index contributed by atoms with van der Waals surface area (Å²) in [5.74, 6) is 0.139. The van der Waals surface area contributed by atoms with E-state index in [2.05, 4.69) is 23.2 Å². The average Bonchev–Trinajstić information content (AvgIpc) is 3.56. The fraction of sp³-hybridized carbons (Fsp3) is 0.407. The summed E-state index contributed by atoms with van der Waals surface area (Å²) in [6.07, 6.45) is 14.0. The van der Waals surface area contributed by atoms with Crippen molar-refractivity contribution in [2.75, 3.05) is 26.2 Å². The van der Waals surface area contributed by atoms with Crippen molar-refractivity contribution in [1.82, 2.24) is 15.1 Å². The highest BCUT2D eigenvalue weighted by molar-refractivity contribution is 7.08. The van der Waals surface area contributed by atoms with Gasteiger partial charge in [-0.25, -0.2) is 4.99 Å². The molecular formula is C27H35N5O3S. The van der Waals surface area contributed by atoms with Crippen LogP contribution in [-0.4, -0.2) is 59.7 Å². The molecule has 0 radical (unpaired) electrons. The van der Waals surface area contributed by atoms with Crippen molar-refractivity contribution in [2.45, 2.75) is 45.4 Å². The lowest BCUT2D eigenvalue weighted by atomic mass is 10.2. The monoisotopic (exact) mass is 509 g/mol. The number of benzene rings is 1. The van der Waals surface area contributed by atoms with E-state index in [1.165, 1.54) is 11.3 Å². The van der Waals surface area contributed by atoms with Crippen LogP contribution in [0.1, 0.15) is 54.4 Å². The van der Waals surface area contributed by atoms with Crippen LogP contribution in [0.4, 0.5) is 5.69 Å². The number of thiophene rings is 1. The minimum Gasteiger partial charge on any atom is -0.369 e. The smallest absolute Gasteiger partial charge is 0.258 e. The molecule has 3 N–H and O–H groups in total. The molecular weight excluding hydrogens is 474 g/mol. The number of rotatable bonds is 4. The van der Waals surface area contributed by atoms with Gasteiger partial charge in [0.05, 0.1) is 17.8 Å². The van der Waals surface area contributed by atoms with Gasteiger partial charge in [0.2, 0.25) is 17.8 Å². The molecule has 0 aliphatic carbocycles. The van der Waals surface area contributed by atoms with Crippen LogP contribution in [0.5, 0.6) is 0 Å². The quantitative estimate of drug-likeness (QED) is 0.372. The molecule has 0 saturated carbocycles. The fourth-order valence-corrected chi connectivity index (χ4v) is 4.52. The van der Waals surface area contributed by atoms with Crippen molar-refractivity contribution in [3.63, 3.8) is 0 Å². The summed E-state index contributed by atoms with van der Waals surface area (Å²) in [7, 11) is 0. The lowest BCUT2D eigenvalue weighted by molar-refractivity contribution is -0.139. The predicted molar refractivity (Wildman–Crippen MR) is 145 cm³/mol. The van der Waals surface area contributed by atoms with Crippen LogP contribution in [0.2, 0.25) is 0 Å². The molecule has 0 atom stereocenters. The van der Waals surface area contributed by atoms with Crippen LogP contribution in [0.3, 0.4) is 0 Å². The summed E-state index contributed by atoms with van der Waals surface area (Å²) >= 11 is 1.46. The Morgan fingerprint density at radius 1 is 1.08 bits per heavy atom. The Hall–Kier alpha value is -3.64. The lowest BCUT2D eigenvalue weighted by Crippen LogP contribution is -2.41. The van der Waals surface area contributed by atoms with E-state index < -0.39 is 0 Å². The summed E-state index contributed by atoms with van der Waals surface area (Å²) < 4.78 is 0. The Morgan fingerprint density at radius 3 is 2.47 bits per heavy atom. The van der Waals surface area contributed by atoms with Gasteiger partial charge in [-0.15, -0.1) is 12.8 Å². The highest BCUT2D eigenvalue weighted by atomic mass is 32.1. The molecule has 192 valence electrons. The third kappa shape index (κ3) is 9.55. The van der Waals surface area contributed by atoms with Gasteiger partial charge in [-0.3, -0.25) is 19.7 Å². The number of nitrogens with one attached hydrogen (secondary N) is 1. The SMILES string of the molecule is C#C.Cc1cccc(N=C(N)NC(=O)c2ccsc2)c1.O=C(CN1CCCCCC1=O)N1CCCC1. The van der Waals surface area contributed by atoms with Crippen LogP contribution < -0.4 is 11.1 Å². The summed E-state index contributed by atoms with van der Waals surface area (Å²) in [6.45, 7) is 4.79. The number of guanidine groups is 1. The summed E-state index contributed by atoms with van der Waals surface area (Å²) in [5.41, 5.74) is 8.08. The highest BCUT2D eigenvalue weighted by Gasteiger charge is 2.23. The first-order valence-electron chi connectivity index (χ1n) is 12.1. The summed E-state index contributed by atoms with van der Waals surface area (Å²) in [5, 5.41) is 6.14. The molecule has 8 nitrogen and oxygen atoms in total. The molecule has 2 fully saturated rings. The number of carbonyl (C=O) groups excluding carboxylic acids is 3. The van der Waals surface area contributed by atoms with E-state index in [0.29, 0.717) is 18.5 Å². The number of nitrogens with zero attached hydrogens (tertiary/aromatic N) is 3. The molecule has 3 heterocycles. The van der Waals surface area contributed by atoms with Crippen molar-refractivity contribution in [3.05, 3.63) is 52.2 Å². The first-order valence-corrected chi connectivity index (χ1v) is 13.0. The van der Waals surface area contributed by atoms with E-state index in [1.807, 2.05) is 41.5 Å². The Kier molecular flexibility index (Phi) is 12.2. The Morgan fingerprint density at radius 2 is 1.81 bits per heavy atom. The van der Waals surface area contributed by atoms with Crippen LogP contribution >= 0.6 is 11.3 Å². The van der Waals surface area contributed by atoms with Crippen LogP contribution in [-0.2, 0) is 9.59 Å². The number of nitrogens with two attached hydrogens (primary N) is 1. The van der Waals surface area contributed by atoms with Crippen molar-refractivity contribution in [1.29, 1.82) is 0 Å². The normalized spacial score (nSPS) is 15.6. The maximum atomic E-state index is 11.9. The Labute approximate surface area is 217 Å². The van der Waals surface area contributed by atoms with Crippen LogP contribution in [0, 0.1) is 19.8 Å². The standard InChI is InChI=1S/C13H13N3OS.C12H20N2O2.C2H2/c1-9-3-2-4-11(7-9)15-13(14)16-12(17)10-5-6-18-8-10;15-11-6-2-1-3-9-14(11)10-12(16)13-7-4-5-8-13;1-2/h2-8H,1H3,(H3,14,15,16,17);1-10H2;1-2H. The molecule has 3 amide bonds. The molecule has 4 rings (SSSR count). The summed E-state index contributed by atoms with van der Waals surface area (Å²) in [6, 6.07) is 9.32. The van der Waals surface area contributed by atoms with Crippen LogP contribution in [0.25, 0.3) is 0 Å². The largest absolute Gasteiger partial charge is 0.369 e. The van der Waals surface area contributed by atoms with Gasteiger partial charge in [-0.05, 0) is 61.7 Å². The lowest BCUT2D eigenvalue weighted by Gasteiger charge is -2.23. The van der Waals surface area contributed by atoms with Gasteiger partial charge in [0, 0.05) is 31.4 Å². The molecule has 0 unspecified atom stereocenters. The molecule has 1 aromatic carbocycles. The topological polar surface area (TPSA) is 108 Å². The van der Waals surface area contributed by atoms with Crippen molar-refractivity contribution in [2.24, 2.45) is 10.7 Å². The Balaban J connectivity index is 0.000000239. The van der Waals surface area contributed by atoms with Crippen molar-refractivity contribution in [3.8, 4) is 12.8 Å².